The van der Waals surface area contributed by atoms with Crippen LogP contribution in [0.5, 0.6) is 0 Å². The molecule has 0 amide bonds. The molecule has 0 N–H and O–H groups in total. The van der Waals surface area contributed by atoms with Crippen molar-refractivity contribution in [2.45, 2.75) is 39.7 Å². The van der Waals surface area contributed by atoms with Gasteiger partial charge in [-0.3, -0.25) is 4.90 Å². The minimum absolute atomic E-state index is 0.408. The molecule has 0 spiro atoms. The van der Waals surface area contributed by atoms with Gasteiger partial charge < -0.3 is 0 Å². The second kappa shape index (κ2) is 2.54. The Labute approximate surface area is 64.4 Å². The van der Waals surface area contributed by atoms with Gasteiger partial charge in [-0.2, -0.15) is 0 Å². The molecule has 0 radical (unpaired) electrons. The van der Waals surface area contributed by atoms with Crippen LogP contribution in [0.15, 0.2) is 0 Å². The molecule has 1 nitrogen and oxygen atoms in total. The van der Waals surface area contributed by atoms with E-state index < -0.39 is 0 Å². The Morgan fingerprint density at radius 2 is 1.80 bits per heavy atom. The highest BCUT2D eigenvalue weighted by Crippen LogP contribution is 2.26. The highest BCUT2D eigenvalue weighted by atomic mass is 15.2. The SMILES string of the molecule is CCC1CN(C(C)(C)C)C1. The summed E-state index contributed by atoms with van der Waals surface area (Å²) in [6, 6.07) is 0. The van der Waals surface area contributed by atoms with Gasteiger partial charge in [0.05, 0.1) is 0 Å². The third-order valence-electron chi connectivity index (χ3n) is 2.48. The first kappa shape index (κ1) is 8.06. The van der Waals surface area contributed by atoms with Crippen LogP contribution < -0.4 is 0 Å². The highest BCUT2D eigenvalue weighted by molar-refractivity contribution is 4.87. The summed E-state index contributed by atoms with van der Waals surface area (Å²) in [6.45, 7) is 11.8. The molecule has 1 aliphatic heterocycles. The Morgan fingerprint density at radius 3 is 2.10 bits per heavy atom. The average molecular weight is 141 g/mol. The van der Waals surface area contributed by atoms with E-state index >= 15 is 0 Å². The third kappa shape index (κ3) is 1.51. The lowest BCUT2D eigenvalue weighted by Crippen LogP contribution is -2.55. The van der Waals surface area contributed by atoms with Gasteiger partial charge in [0.1, 0.15) is 0 Å². The van der Waals surface area contributed by atoms with Crippen molar-refractivity contribution in [1.29, 1.82) is 0 Å². The van der Waals surface area contributed by atoms with E-state index in [4.69, 9.17) is 0 Å². The molecule has 0 atom stereocenters. The molecule has 1 saturated heterocycles. The van der Waals surface area contributed by atoms with Crippen LogP contribution in [-0.4, -0.2) is 23.5 Å². The fourth-order valence-electron chi connectivity index (χ4n) is 1.38. The Hall–Kier alpha value is -0.0400. The van der Waals surface area contributed by atoms with E-state index in [0.717, 1.165) is 5.92 Å². The Balaban J connectivity index is 2.26. The maximum Gasteiger partial charge on any atom is 0.0125 e. The number of hydrogen-bond donors (Lipinski definition) is 0. The molecular formula is C9H19N. The van der Waals surface area contributed by atoms with Crippen molar-refractivity contribution in [1.82, 2.24) is 4.90 Å². The Bertz CT molecular complexity index is 106. The van der Waals surface area contributed by atoms with Gasteiger partial charge >= 0.3 is 0 Å². The van der Waals surface area contributed by atoms with E-state index in [-0.39, 0.29) is 0 Å². The minimum Gasteiger partial charge on any atom is -0.298 e. The van der Waals surface area contributed by atoms with Crippen LogP contribution >= 0.6 is 0 Å². The predicted molar refractivity (Wildman–Crippen MR) is 45.1 cm³/mol. The van der Waals surface area contributed by atoms with Gasteiger partial charge in [0.15, 0.2) is 0 Å². The van der Waals surface area contributed by atoms with E-state index in [0.29, 0.717) is 5.54 Å². The molecular weight excluding hydrogens is 122 g/mol. The molecule has 0 aromatic rings. The number of rotatable bonds is 1. The average Bonchev–Trinajstić information content (AvgIpc) is 1.57. The van der Waals surface area contributed by atoms with Gasteiger partial charge in [-0.1, -0.05) is 13.3 Å². The molecule has 1 aliphatic rings. The van der Waals surface area contributed by atoms with Crippen molar-refractivity contribution < 1.29 is 0 Å². The first-order valence-corrected chi connectivity index (χ1v) is 4.29. The summed E-state index contributed by atoms with van der Waals surface area (Å²) in [6.07, 6.45) is 1.35. The molecule has 10 heavy (non-hydrogen) atoms. The summed E-state index contributed by atoms with van der Waals surface area (Å²) in [7, 11) is 0. The molecule has 0 aliphatic carbocycles. The number of nitrogens with zero attached hydrogens (tertiary/aromatic N) is 1. The van der Waals surface area contributed by atoms with Crippen LogP contribution in [0.4, 0.5) is 0 Å². The zero-order chi connectivity index (χ0) is 7.78. The Kier molecular flexibility index (Phi) is 2.04. The second-order valence-electron chi connectivity index (χ2n) is 4.35. The second-order valence-corrected chi connectivity index (χ2v) is 4.35. The molecule has 0 bridgehead atoms. The van der Waals surface area contributed by atoms with Crippen molar-refractivity contribution in [2.75, 3.05) is 13.1 Å². The maximum atomic E-state index is 2.54. The summed E-state index contributed by atoms with van der Waals surface area (Å²) >= 11 is 0. The van der Waals surface area contributed by atoms with E-state index in [9.17, 15) is 0 Å². The van der Waals surface area contributed by atoms with E-state index in [1.807, 2.05) is 0 Å². The zero-order valence-corrected chi connectivity index (χ0v) is 7.65. The molecule has 1 rings (SSSR count). The van der Waals surface area contributed by atoms with Gasteiger partial charge in [-0.05, 0) is 26.7 Å². The summed E-state index contributed by atoms with van der Waals surface area (Å²) in [5.74, 6) is 0.985. The fourth-order valence-corrected chi connectivity index (χ4v) is 1.38. The molecule has 1 heterocycles. The van der Waals surface area contributed by atoms with Crippen LogP contribution in [0.3, 0.4) is 0 Å². The molecule has 0 aromatic heterocycles. The topological polar surface area (TPSA) is 3.24 Å². The van der Waals surface area contributed by atoms with Gasteiger partial charge in [-0.15, -0.1) is 0 Å². The summed E-state index contributed by atoms with van der Waals surface area (Å²) in [5, 5.41) is 0. The van der Waals surface area contributed by atoms with Crippen LogP contribution in [0.25, 0.3) is 0 Å². The van der Waals surface area contributed by atoms with Crippen molar-refractivity contribution in [3.63, 3.8) is 0 Å². The van der Waals surface area contributed by atoms with Crippen molar-refractivity contribution in [3.05, 3.63) is 0 Å². The largest absolute Gasteiger partial charge is 0.298 e. The fraction of sp³-hybridized carbons (Fsp3) is 1.00. The predicted octanol–water partition coefficient (Wildman–Crippen LogP) is 2.13. The molecule has 1 fully saturated rings. The smallest absolute Gasteiger partial charge is 0.0125 e. The molecule has 1 heteroatoms. The molecule has 0 saturated carbocycles. The van der Waals surface area contributed by atoms with Crippen LogP contribution in [-0.2, 0) is 0 Å². The monoisotopic (exact) mass is 141 g/mol. The van der Waals surface area contributed by atoms with Crippen molar-refractivity contribution in [2.24, 2.45) is 5.92 Å². The number of likely N-dealkylation sites (tertiary alicyclic amines) is 1. The lowest BCUT2D eigenvalue weighted by atomic mass is 9.91. The van der Waals surface area contributed by atoms with E-state index in [2.05, 4.69) is 32.6 Å². The lowest BCUT2D eigenvalue weighted by molar-refractivity contribution is 0.0127. The summed E-state index contributed by atoms with van der Waals surface area (Å²) in [4.78, 5) is 2.54. The summed E-state index contributed by atoms with van der Waals surface area (Å²) < 4.78 is 0. The maximum absolute atomic E-state index is 2.54. The molecule has 60 valence electrons. The quantitative estimate of drug-likeness (QED) is 0.540. The van der Waals surface area contributed by atoms with E-state index in [1.165, 1.54) is 19.5 Å². The first-order valence-electron chi connectivity index (χ1n) is 4.29. The zero-order valence-electron chi connectivity index (χ0n) is 7.65. The first-order chi connectivity index (χ1) is 4.54. The van der Waals surface area contributed by atoms with Crippen LogP contribution in [0, 0.1) is 5.92 Å². The molecule has 0 unspecified atom stereocenters. The lowest BCUT2D eigenvalue weighted by Gasteiger charge is -2.47. The van der Waals surface area contributed by atoms with Crippen molar-refractivity contribution >= 4 is 0 Å². The standard InChI is InChI=1S/C9H19N/c1-5-8-6-10(7-8)9(2,3)4/h8H,5-7H2,1-4H3. The normalized spacial score (nSPS) is 22.8. The minimum atomic E-state index is 0.408. The van der Waals surface area contributed by atoms with Crippen LogP contribution in [0.1, 0.15) is 34.1 Å². The Morgan fingerprint density at radius 1 is 1.30 bits per heavy atom. The van der Waals surface area contributed by atoms with Gasteiger partial charge in [0.2, 0.25) is 0 Å². The van der Waals surface area contributed by atoms with Crippen molar-refractivity contribution in [3.8, 4) is 0 Å². The molecule has 0 aromatic carbocycles. The third-order valence-corrected chi connectivity index (χ3v) is 2.48. The summed E-state index contributed by atoms with van der Waals surface area (Å²) in [5.41, 5.74) is 0.408. The number of hydrogen-bond acceptors (Lipinski definition) is 1. The van der Waals surface area contributed by atoms with Crippen LogP contribution in [0.2, 0.25) is 0 Å². The van der Waals surface area contributed by atoms with Gasteiger partial charge in [0, 0.05) is 18.6 Å². The van der Waals surface area contributed by atoms with E-state index in [1.54, 1.807) is 0 Å². The highest BCUT2D eigenvalue weighted by Gasteiger charge is 2.32. The van der Waals surface area contributed by atoms with Gasteiger partial charge in [0.25, 0.3) is 0 Å². The van der Waals surface area contributed by atoms with Gasteiger partial charge in [-0.25, -0.2) is 0 Å².